The molecule has 0 radical (unpaired) electrons. The molecular formula is C57H73N7+6. The predicted molar refractivity (Wildman–Crippen MR) is 254 cm³/mol. The Morgan fingerprint density at radius 2 is 0.750 bits per heavy atom. The van der Waals surface area contributed by atoms with E-state index in [4.69, 9.17) is 0 Å². The fourth-order valence-corrected chi connectivity index (χ4v) is 9.00. The van der Waals surface area contributed by atoms with Crippen molar-refractivity contribution in [1.29, 1.82) is 0 Å². The molecule has 0 fully saturated rings. The number of pyridine rings is 7. The van der Waals surface area contributed by atoms with Gasteiger partial charge in [0.1, 0.15) is 13.1 Å². The monoisotopic (exact) mass is 856 g/mol. The van der Waals surface area contributed by atoms with Gasteiger partial charge in [0.25, 0.3) is 0 Å². The van der Waals surface area contributed by atoms with Gasteiger partial charge in [0.05, 0.1) is 12.8 Å². The summed E-state index contributed by atoms with van der Waals surface area (Å²) in [4.78, 5) is 4.22. The van der Waals surface area contributed by atoms with Crippen LogP contribution in [-0.4, -0.2) is 4.98 Å². The molecule has 3 atom stereocenters. The molecule has 0 aromatic carbocycles. The van der Waals surface area contributed by atoms with Crippen LogP contribution in [-0.2, 0) is 52.1 Å². The zero-order chi connectivity index (χ0) is 44.4. The van der Waals surface area contributed by atoms with Gasteiger partial charge in [-0.3, -0.25) is 4.98 Å². The van der Waals surface area contributed by atoms with Crippen LogP contribution in [0.3, 0.4) is 0 Å². The summed E-state index contributed by atoms with van der Waals surface area (Å²) < 4.78 is 13.8. The maximum absolute atomic E-state index is 4.22. The van der Waals surface area contributed by atoms with Gasteiger partial charge in [-0.1, -0.05) is 27.7 Å². The molecule has 0 aliphatic heterocycles. The Bertz CT molecular complexity index is 2380. The van der Waals surface area contributed by atoms with E-state index in [1.807, 2.05) is 12.4 Å². The third-order valence-electron chi connectivity index (χ3n) is 13.1. The Hall–Kier alpha value is -5.95. The SMILES string of the molecule is CCC[n+]1ccc(CCC(C)c2cc[n+](CCC[n+]3ccc(-c4cc[n+](CCC[n+]5ccc(C(C)CC(CCc6ccncc6)c6cc[n+](CCC)cc6)cc5)cc4)cc3)cc2)cc1. The van der Waals surface area contributed by atoms with E-state index in [0.29, 0.717) is 17.8 Å². The zero-order valence-electron chi connectivity index (χ0n) is 39.1. The van der Waals surface area contributed by atoms with Gasteiger partial charge >= 0.3 is 0 Å². The van der Waals surface area contributed by atoms with Crippen LogP contribution >= 0.6 is 0 Å². The highest BCUT2D eigenvalue weighted by Crippen LogP contribution is 2.32. The quantitative estimate of drug-likeness (QED) is 0.0560. The summed E-state index contributed by atoms with van der Waals surface area (Å²) in [5.41, 5.74) is 9.58. The summed E-state index contributed by atoms with van der Waals surface area (Å²) >= 11 is 0. The molecule has 7 heteroatoms. The highest BCUT2D eigenvalue weighted by molar-refractivity contribution is 5.60. The third-order valence-corrected chi connectivity index (χ3v) is 13.1. The molecular weight excluding hydrogens is 783 g/mol. The second-order valence-electron chi connectivity index (χ2n) is 18.1. The minimum atomic E-state index is 0.473. The third kappa shape index (κ3) is 14.0. The second kappa shape index (κ2) is 24.2. The van der Waals surface area contributed by atoms with Gasteiger partial charge < -0.3 is 0 Å². The second-order valence-corrected chi connectivity index (χ2v) is 18.1. The fraction of sp³-hybridized carbons (Fsp3) is 0.386. The average molecular weight is 856 g/mol. The molecule has 0 saturated heterocycles. The molecule has 7 aromatic rings. The van der Waals surface area contributed by atoms with E-state index in [0.717, 1.165) is 84.2 Å². The number of aromatic nitrogens is 7. The maximum atomic E-state index is 4.22. The van der Waals surface area contributed by atoms with Crippen LogP contribution in [0.4, 0.5) is 0 Å². The van der Waals surface area contributed by atoms with Gasteiger partial charge in [0.15, 0.2) is 101 Å². The van der Waals surface area contributed by atoms with Gasteiger partial charge in [-0.2, -0.15) is 0 Å². The minimum Gasteiger partial charge on any atom is -0.265 e. The van der Waals surface area contributed by atoms with Crippen LogP contribution < -0.4 is 27.4 Å². The van der Waals surface area contributed by atoms with Gasteiger partial charge in [0.2, 0.25) is 0 Å². The molecule has 0 saturated carbocycles. The molecule has 0 bridgehead atoms. The maximum Gasteiger partial charge on any atom is 0.169 e. The summed E-state index contributed by atoms with van der Waals surface area (Å²) in [6.45, 7) is 15.3. The van der Waals surface area contributed by atoms with Crippen LogP contribution in [0.25, 0.3) is 11.1 Å². The van der Waals surface area contributed by atoms with Crippen molar-refractivity contribution in [3.63, 3.8) is 0 Å². The lowest BCUT2D eigenvalue weighted by atomic mass is 9.83. The average Bonchev–Trinajstić information content (AvgIpc) is 3.34. The molecule has 0 N–H and O–H groups in total. The van der Waals surface area contributed by atoms with Crippen LogP contribution in [0.5, 0.6) is 0 Å². The lowest BCUT2D eigenvalue weighted by molar-refractivity contribution is -0.727. The van der Waals surface area contributed by atoms with Crippen LogP contribution in [0.1, 0.15) is 118 Å². The van der Waals surface area contributed by atoms with E-state index in [1.165, 1.54) is 51.8 Å². The number of hydrogen-bond donors (Lipinski definition) is 0. The molecule has 0 aliphatic rings. The lowest BCUT2D eigenvalue weighted by Crippen LogP contribution is -2.38. The van der Waals surface area contributed by atoms with Crippen LogP contribution in [0.2, 0.25) is 0 Å². The van der Waals surface area contributed by atoms with Crippen molar-refractivity contribution in [3.05, 3.63) is 200 Å². The van der Waals surface area contributed by atoms with Crippen LogP contribution in [0.15, 0.2) is 172 Å². The molecule has 7 aromatic heterocycles. The van der Waals surface area contributed by atoms with Gasteiger partial charge in [0, 0.05) is 98.0 Å². The first-order chi connectivity index (χ1) is 31.4. The van der Waals surface area contributed by atoms with Crippen molar-refractivity contribution in [2.24, 2.45) is 0 Å². The van der Waals surface area contributed by atoms with Crippen molar-refractivity contribution < 1.29 is 27.4 Å². The first kappa shape index (κ1) is 46.1. The zero-order valence-corrected chi connectivity index (χ0v) is 39.1. The van der Waals surface area contributed by atoms with Crippen molar-refractivity contribution in [3.8, 4) is 11.1 Å². The summed E-state index contributed by atoms with van der Waals surface area (Å²) in [5, 5.41) is 0. The lowest BCUT2D eigenvalue weighted by Gasteiger charge is -2.21. The van der Waals surface area contributed by atoms with Gasteiger partial charge in [-0.25, -0.2) is 27.4 Å². The van der Waals surface area contributed by atoms with Crippen molar-refractivity contribution in [2.45, 2.75) is 143 Å². The van der Waals surface area contributed by atoms with E-state index >= 15 is 0 Å². The summed E-state index contributed by atoms with van der Waals surface area (Å²) in [6, 6.07) is 31.8. The number of rotatable bonds is 24. The molecule has 0 aliphatic carbocycles. The highest BCUT2D eigenvalue weighted by atomic mass is 15.0. The van der Waals surface area contributed by atoms with E-state index in [-0.39, 0.29) is 0 Å². The predicted octanol–water partition coefficient (Wildman–Crippen LogP) is 9.12. The Morgan fingerprint density at radius 3 is 1.20 bits per heavy atom. The number of nitrogens with zero attached hydrogens (tertiary/aromatic N) is 7. The molecule has 7 nitrogen and oxygen atoms in total. The van der Waals surface area contributed by atoms with E-state index < -0.39 is 0 Å². The molecule has 64 heavy (non-hydrogen) atoms. The van der Waals surface area contributed by atoms with E-state index in [2.05, 4.69) is 219 Å². The summed E-state index contributed by atoms with van der Waals surface area (Å²) in [6.07, 6.45) is 40.8. The van der Waals surface area contributed by atoms with Crippen LogP contribution in [0, 0.1) is 0 Å². The summed E-state index contributed by atoms with van der Waals surface area (Å²) in [7, 11) is 0. The molecule has 7 rings (SSSR count). The Kier molecular flexibility index (Phi) is 17.4. The Morgan fingerprint density at radius 1 is 0.391 bits per heavy atom. The summed E-state index contributed by atoms with van der Waals surface area (Å²) in [5.74, 6) is 1.52. The van der Waals surface area contributed by atoms with E-state index in [1.54, 1.807) is 0 Å². The minimum absolute atomic E-state index is 0.473. The molecule has 330 valence electrons. The Labute approximate surface area is 384 Å². The van der Waals surface area contributed by atoms with Crippen molar-refractivity contribution in [1.82, 2.24) is 4.98 Å². The number of hydrogen-bond acceptors (Lipinski definition) is 1. The highest BCUT2D eigenvalue weighted by Gasteiger charge is 2.20. The molecule has 7 heterocycles. The fourth-order valence-electron chi connectivity index (χ4n) is 9.00. The van der Waals surface area contributed by atoms with Crippen molar-refractivity contribution >= 4 is 0 Å². The first-order valence-corrected chi connectivity index (χ1v) is 24.2. The normalized spacial score (nSPS) is 12.8. The molecule has 0 amide bonds. The largest absolute Gasteiger partial charge is 0.265 e. The Balaban J connectivity index is 0.819. The molecule has 3 unspecified atom stereocenters. The van der Waals surface area contributed by atoms with Gasteiger partial charge in [-0.05, 0) is 101 Å². The molecule has 0 spiro atoms. The van der Waals surface area contributed by atoms with E-state index in [9.17, 15) is 0 Å². The standard InChI is InChI=1S/C57H73N7/c1-5-29-59-35-15-51(16-36-59)10-9-48(3)52-17-37-61(38-18-52)31-7-33-63-43-21-54(22-44-63)55-23-45-64(46-24-55)34-8-32-62-39-19-53(20-40-62)49(4)47-57(12-11-50-13-27-58-28-14-50)56-25-41-60(30-6-2)42-26-56/h13-28,35-46,48-49,57H,5-12,29-34,47H2,1-4H3/q+6. The number of aryl methyl sites for hydroxylation is 8. The smallest absolute Gasteiger partial charge is 0.169 e. The first-order valence-electron chi connectivity index (χ1n) is 24.2. The topological polar surface area (TPSA) is 36.2 Å². The van der Waals surface area contributed by atoms with Gasteiger partial charge in [-0.15, -0.1) is 0 Å². The van der Waals surface area contributed by atoms with Crippen molar-refractivity contribution in [2.75, 3.05) is 0 Å².